The molecule has 0 saturated carbocycles. The Bertz CT molecular complexity index is 823. The minimum atomic E-state index is -4.35. The standard InChI is InChI=1S/C21H26F3N3O3/c1-13-2-4-15(16(8-13)21(22,23)24)5-3-14-9-27(10-14)20(29)26-7-6-18-17(11-26)25-19(28)12-30-18/h2,4,8,14,17-18H,3,5-7,9-12H2,1H3,(H,25,28)/t17-,18?/m1/s1. The number of hydrogen-bond acceptors (Lipinski definition) is 3. The molecule has 3 fully saturated rings. The first-order chi connectivity index (χ1) is 14.2. The first-order valence-electron chi connectivity index (χ1n) is 10.3. The van der Waals surface area contributed by atoms with Gasteiger partial charge in [-0.05, 0) is 43.7 Å². The number of fused-ring (bicyclic) bond motifs is 1. The zero-order valence-corrected chi connectivity index (χ0v) is 16.9. The second-order valence-corrected chi connectivity index (χ2v) is 8.51. The van der Waals surface area contributed by atoms with Crippen molar-refractivity contribution in [2.45, 2.75) is 44.5 Å². The summed E-state index contributed by atoms with van der Waals surface area (Å²) >= 11 is 0. The number of aryl methyl sites for hydroxylation is 2. The molecule has 1 aromatic rings. The molecule has 0 radical (unpaired) electrons. The van der Waals surface area contributed by atoms with Crippen LogP contribution in [0.25, 0.3) is 0 Å². The van der Waals surface area contributed by atoms with E-state index in [-0.39, 0.29) is 36.6 Å². The van der Waals surface area contributed by atoms with Gasteiger partial charge in [0, 0.05) is 26.2 Å². The van der Waals surface area contributed by atoms with Gasteiger partial charge in [-0.15, -0.1) is 0 Å². The average molecular weight is 425 g/mol. The maximum Gasteiger partial charge on any atom is 0.416 e. The van der Waals surface area contributed by atoms with Crippen LogP contribution in [-0.4, -0.2) is 66.7 Å². The minimum absolute atomic E-state index is 0.0479. The first-order valence-corrected chi connectivity index (χ1v) is 10.3. The fourth-order valence-electron chi connectivity index (χ4n) is 4.51. The summed E-state index contributed by atoms with van der Waals surface area (Å²) in [4.78, 5) is 27.7. The number of ether oxygens (including phenoxy) is 1. The summed E-state index contributed by atoms with van der Waals surface area (Å²) in [7, 11) is 0. The normalized spacial score (nSPS) is 24.9. The number of rotatable bonds is 3. The van der Waals surface area contributed by atoms with Gasteiger partial charge in [0.25, 0.3) is 0 Å². The lowest BCUT2D eigenvalue weighted by Gasteiger charge is -2.46. The third-order valence-corrected chi connectivity index (χ3v) is 6.22. The second kappa shape index (κ2) is 8.09. The Morgan fingerprint density at radius 3 is 2.73 bits per heavy atom. The van der Waals surface area contributed by atoms with Crippen molar-refractivity contribution in [1.82, 2.24) is 15.1 Å². The van der Waals surface area contributed by atoms with Gasteiger partial charge in [0.2, 0.25) is 5.91 Å². The van der Waals surface area contributed by atoms with E-state index in [9.17, 15) is 22.8 Å². The third kappa shape index (κ3) is 4.40. The zero-order chi connectivity index (χ0) is 21.5. The number of hydrogen-bond donors (Lipinski definition) is 1. The largest absolute Gasteiger partial charge is 0.416 e. The second-order valence-electron chi connectivity index (χ2n) is 8.51. The molecule has 3 amide bonds. The molecule has 0 spiro atoms. The molecule has 1 unspecified atom stereocenters. The summed E-state index contributed by atoms with van der Waals surface area (Å²) in [6.45, 7) is 3.84. The van der Waals surface area contributed by atoms with E-state index < -0.39 is 11.7 Å². The minimum Gasteiger partial charge on any atom is -0.366 e. The van der Waals surface area contributed by atoms with Crippen LogP contribution in [0.4, 0.5) is 18.0 Å². The van der Waals surface area contributed by atoms with Gasteiger partial charge in [-0.3, -0.25) is 4.79 Å². The summed E-state index contributed by atoms with van der Waals surface area (Å²) in [5.74, 6) is 0.0375. The summed E-state index contributed by atoms with van der Waals surface area (Å²) in [5, 5.41) is 2.88. The molecular formula is C21H26F3N3O3. The van der Waals surface area contributed by atoms with Crippen LogP contribution in [0.1, 0.15) is 29.5 Å². The van der Waals surface area contributed by atoms with Gasteiger partial charge in [-0.2, -0.15) is 13.2 Å². The Balaban J connectivity index is 1.27. The number of alkyl halides is 3. The van der Waals surface area contributed by atoms with Gasteiger partial charge in [-0.25, -0.2) is 4.79 Å². The molecule has 3 aliphatic heterocycles. The van der Waals surface area contributed by atoms with Gasteiger partial charge >= 0.3 is 12.2 Å². The van der Waals surface area contributed by atoms with Crippen LogP contribution in [0.2, 0.25) is 0 Å². The van der Waals surface area contributed by atoms with E-state index in [1.807, 2.05) is 0 Å². The first kappa shape index (κ1) is 21.0. The molecule has 1 N–H and O–H groups in total. The lowest BCUT2D eigenvalue weighted by Crippen LogP contribution is -2.64. The Morgan fingerprint density at radius 1 is 1.23 bits per heavy atom. The summed E-state index contributed by atoms with van der Waals surface area (Å²) in [6, 6.07) is 4.21. The number of halogens is 3. The molecule has 3 saturated heterocycles. The smallest absolute Gasteiger partial charge is 0.366 e. The van der Waals surface area contributed by atoms with Crippen molar-refractivity contribution < 1.29 is 27.5 Å². The molecule has 0 aromatic heterocycles. The highest BCUT2D eigenvalue weighted by Crippen LogP contribution is 2.34. The third-order valence-electron chi connectivity index (χ3n) is 6.22. The molecule has 0 bridgehead atoms. The predicted molar refractivity (Wildman–Crippen MR) is 103 cm³/mol. The highest BCUT2D eigenvalue weighted by molar-refractivity contribution is 5.79. The molecule has 2 atom stereocenters. The molecular weight excluding hydrogens is 399 g/mol. The lowest BCUT2D eigenvalue weighted by atomic mass is 9.90. The molecule has 0 aliphatic carbocycles. The number of morpholine rings is 1. The van der Waals surface area contributed by atoms with Crippen molar-refractivity contribution >= 4 is 11.9 Å². The van der Waals surface area contributed by atoms with Crippen molar-refractivity contribution in [2.75, 3.05) is 32.8 Å². The number of likely N-dealkylation sites (tertiary alicyclic amines) is 2. The van der Waals surface area contributed by atoms with Crippen molar-refractivity contribution in [3.05, 3.63) is 34.9 Å². The Morgan fingerprint density at radius 2 is 2.00 bits per heavy atom. The van der Waals surface area contributed by atoms with Crippen LogP contribution >= 0.6 is 0 Å². The Labute approximate surface area is 173 Å². The number of carbonyl (C=O) groups excluding carboxylic acids is 2. The number of urea groups is 1. The Hall–Kier alpha value is -2.29. The molecule has 9 heteroatoms. The van der Waals surface area contributed by atoms with Gasteiger partial charge in [-0.1, -0.05) is 17.7 Å². The van der Waals surface area contributed by atoms with E-state index in [0.29, 0.717) is 56.6 Å². The van der Waals surface area contributed by atoms with Crippen molar-refractivity contribution in [1.29, 1.82) is 0 Å². The van der Waals surface area contributed by atoms with Crippen LogP contribution in [-0.2, 0) is 22.1 Å². The van der Waals surface area contributed by atoms with Crippen molar-refractivity contribution in [3.63, 3.8) is 0 Å². The van der Waals surface area contributed by atoms with Crippen LogP contribution in [0.5, 0.6) is 0 Å². The number of nitrogens with zero attached hydrogens (tertiary/aromatic N) is 2. The zero-order valence-electron chi connectivity index (χ0n) is 16.9. The van der Waals surface area contributed by atoms with Gasteiger partial charge in [0.05, 0.1) is 17.7 Å². The molecule has 30 heavy (non-hydrogen) atoms. The number of amides is 3. The molecule has 3 aliphatic rings. The maximum absolute atomic E-state index is 13.3. The number of nitrogens with one attached hydrogen (secondary N) is 1. The lowest BCUT2D eigenvalue weighted by molar-refractivity contribution is -0.140. The molecule has 1 aromatic carbocycles. The van der Waals surface area contributed by atoms with Crippen LogP contribution < -0.4 is 5.32 Å². The number of piperidine rings is 1. The van der Waals surface area contributed by atoms with Crippen LogP contribution in [0.15, 0.2) is 18.2 Å². The van der Waals surface area contributed by atoms with E-state index in [4.69, 9.17) is 4.74 Å². The van der Waals surface area contributed by atoms with Crippen LogP contribution in [0, 0.1) is 12.8 Å². The number of benzene rings is 1. The van der Waals surface area contributed by atoms with Crippen molar-refractivity contribution in [2.24, 2.45) is 5.92 Å². The summed E-state index contributed by atoms with van der Waals surface area (Å²) in [6.07, 6.45) is -2.76. The van der Waals surface area contributed by atoms with Gasteiger partial charge in [0.15, 0.2) is 0 Å². The molecule has 164 valence electrons. The van der Waals surface area contributed by atoms with Gasteiger partial charge in [0.1, 0.15) is 6.61 Å². The fraction of sp³-hybridized carbons (Fsp3) is 0.619. The molecule has 4 rings (SSSR count). The fourth-order valence-corrected chi connectivity index (χ4v) is 4.51. The number of carbonyl (C=O) groups is 2. The van der Waals surface area contributed by atoms with Crippen molar-refractivity contribution in [3.8, 4) is 0 Å². The SMILES string of the molecule is Cc1ccc(CCC2CN(C(=O)N3CCC4OCC(=O)N[C@@H]4C3)C2)c(C(F)(F)F)c1. The van der Waals surface area contributed by atoms with Gasteiger partial charge < -0.3 is 19.9 Å². The van der Waals surface area contributed by atoms with E-state index >= 15 is 0 Å². The highest BCUT2D eigenvalue weighted by atomic mass is 19.4. The summed E-state index contributed by atoms with van der Waals surface area (Å²) < 4.78 is 45.3. The van der Waals surface area contributed by atoms with E-state index in [1.54, 1.807) is 28.9 Å². The maximum atomic E-state index is 13.3. The van der Waals surface area contributed by atoms with E-state index in [1.165, 1.54) is 6.07 Å². The van der Waals surface area contributed by atoms with E-state index in [2.05, 4.69) is 5.32 Å². The monoisotopic (exact) mass is 425 g/mol. The molecule has 6 nitrogen and oxygen atoms in total. The highest BCUT2D eigenvalue weighted by Gasteiger charge is 2.40. The van der Waals surface area contributed by atoms with Crippen LogP contribution in [0.3, 0.4) is 0 Å². The Kier molecular flexibility index (Phi) is 5.65. The topological polar surface area (TPSA) is 61.9 Å². The molecule has 3 heterocycles. The average Bonchev–Trinajstić information content (AvgIpc) is 2.66. The summed E-state index contributed by atoms with van der Waals surface area (Å²) in [5.41, 5.74) is 0.345. The van der Waals surface area contributed by atoms with E-state index in [0.717, 1.165) is 0 Å². The quantitative estimate of drug-likeness (QED) is 0.810. The predicted octanol–water partition coefficient (Wildman–Crippen LogP) is 2.59.